The van der Waals surface area contributed by atoms with E-state index in [0.29, 0.717) is 36.3 Å². The molecule has 3 rings (SSSR count). The molecular formula is C18H22ClN3O2S. The molecule has 7 heteroatoms. The molecule has 2 N–H and O–H groups in total. The van der Waals surface area contributed by atoms with Crippen molar-refractivity contribution in [1.29, 1.82) is 0 Å². The van der Waals surface area contributed by atoms with Crippen LogP contribution in [0.1, 0.15) is 24.5 Å². The van der Waals surface area contributed by atoms with Gasteiger partial charge in [0.25, 0.3) is 0 Å². The number of fused-ring (bicyclic) bond motifs is 1. The third-order valence-corrected chi connectivity index (χ3v) is 4.68. The predicted molar refractivity (Wildman–Crippen MR) is 103 cm³/mol. The van der Waals surface area contributed by atoms with E-state index in [0.717, 1.165) is 31.0 Å². The summed E-state index contributed by atoms with van der Waals surface area (Å²) in [6.45, 7) is 5.37. The van der Waals surface area contributed by atoms with Crippen molar-refractivity contribution in [2.24, 2.45) is 4.99 Å². The van der Waals surface area contributed by atoms with Crippen LogP contribution in [0.4, 0.5) is 0 Å². The molecule has 0 unspecified atom stereocenters. The number of nitrogens with one attached hydrogen (secondary N) is 2. The van der Waals surface area contributed by atoms with E-state index in [9.17, 15) is 0 Å². The number of benzene rings is 1. The highest BCUT2D eigenvalue weighted by Gasteiger charge is 2.15. The van der Waals surface area contributed by atoms with Crippen LogP contribution in [0.25, 0.3) is 0 Å². The Morgan fingerprint density at radius 1 is 1.24 bits per heavy atom. The number of halogens is 1. The minimum atomic E-state index is 0.509. The van der Waals surface area contributed by atoms with E-state index in [1.807, 2.05) is 19.1 Å². The minimum Gasteiger partial charge on any atom is -0.489 e. The van der Waals surface area contributed by atoms with Gasteiger partial charge in [-0.1, -0.05) is 11.6 Å². The van der Waals surface area contributed by atoms with E-state index in [2.05, 4.69) is 32.5 Å². The molecule has 0 aliphatic carbocycles. The Hall–Kier alpha value is -1.92. The van der Waals surface area contributed by atoms with Gasteiger partial charge in [0.1, 0.15) is 0 Å². The lowest BCUT2D eigenvalue weighted by atomic mass is 10.2. The normalized spacial score (nSPS) is 14.1. The maximum atomic E-state index is 6.34. The highest BCUT2D eigenvalue weighted by molar-refractivity contribution is 7.07. The Morgan fingerprint density at radius 2 is 2.12 bits per heavy atom. The smallest absolute Gasteiger partial charge is 0.191 e. The first-order valence-corrected chi connectivity index (χ1v) is 9.69. The summed E-state index contributed by atoms with van der Waals surface area (Å²) in [5.41, 5.74) is 2.23. The summed E-state index contributed by atoms with van der Waals surface area (Å²) < 4.78 is 11.4. The monoisotopic (exact) mass is 379 g/mol. The van der Waals surface area contributed by atoms with Gasteiger partial charge in [-0.15, -0.1) is 0 Å². The number of rotatable bonds is 5. The second-order valence-electron chi connectivity index (χ2n) is 5.64. The molecule has 0 bridgehead atoms. The molecule has 2 heterocycles. The molecule has 0 spiro atoms. The van der Waals surface area contributed by atoms with Crippen molar-refractivity contribution in [2.75, 3.05) is 19.8 Å². The van der Waals surface area contributed by atoms with Crippen molar-refractivity contribution >= 4 is 28.9 Å². The zero-order valence-electron chi connectivity index (χ0n) is 14.2. The van der Waals surface area contributed by atoms with Gasteiger partial charge in [-0.25, -0.2) is 4.99 Å². The third-order valence-electron chi connectivity index (χ3n) is 3.67. The van der Waals surface area contributed by atoms with E-state index < -0.39 is 0 Å². The summed E-state index contributed by atoms with van der Waals surface area (Å²) in [6.07, 6.45) is 0.857. The Balaban J connectivity index is 1.69. The third kappa shape index (κ3) is 5.03. The van der Waals surface area contributed by atoms with E-state index in [1.165, 1.54) is 5.56 Å². The fourth-order valence-corrected chi connectivity index (χ4v) is 3.42. The fourth-order valence-electron chi connectivity index (χ4n) is 2.47. The molecular weight excluding hydrogens is 358 g/mol. The van der Waals surface area contributed by atoms with E-state index >= 15 is 0 Å². The summed E-state index contributed by atoms with van der Waals surface area (Å²) in [4.78, 5) is 4.64. The van der Waals surface area contributed by atoms with Gasteiger partial charge < -0.3 is 20.1 Å². The molecule has 1 aromatic carbocycles. The first-order valence-electron chi connectivity index (χ1n) is 8.37. The molecule has 25 heavy (non-hydrogen) atoms. The SMILES string of the molecule is CCNC(=NCc1cc(Cl)c2c(c1)OCCCO2)NCc1ccsc1. The molecule has 134 valence electrons. The molecule has 2 aromatic rings. The Morgan fingerprint density at radius 3 is 2.92 bits per heavy atom. The van der Waals surface area contributed by atoms with Crippen molar-refractivity contribution in [2.45, 2.75) is 26.4 Å². The topological polar surface area (TPSA) is 54.9 Å². The van der Waals surface area contributed by atoms with Gasteiger partial charge in [-0.2, -0.15) is 11.3 Å². The summed E-state index contributed by atoms with van der Waals surface area (Å²) >= 11 is 8.03. The summed E-state index contributed by atoms with van der Waals surface area (Å²) in [6, 6.07) is 5.95. The van der Waals surface area contributed by atoms with Crippen molar-refractivity contribution in [3.05, 3.63) is 45.1 Å². The predicted octanol–water partition coefficient (Wildman–Crippen LogP) is 3.82. The molecule has 5 nitrogen and oxygen atoms in total. The molecule has 0 radical (unpaired) electrons. The number of hydrogen-bond acceptors (Lipinski definition) is 4. The zero-order chi connectivity index (χ0) is 17.5. The average Bonchev–Trinajstić information content (AvgIpc) is 3.01. The van der Waals surface area contributed by atoms with Crippen molar-refractivity contribution in [3.8, 4) is 11.5 Å². The molecule has 1 aliphatic rings. The van der Waals surface area contributed by atoms with Crippen LogP contribution in [0.2, 0.25) is 5.02 Å². The number of thiophene rings is 1. The molecule has 0 saturated carbocycles. The average molecular weight is 380 g/mol. The van der Waals surface area contributed by atoms with Crippen LogP contribution < -0.4 is 20.1 Å². The van der Waals surface area contributed by atoms with E-state index in [1.54, 1.807) is 11.3 Å². The van der Waals surface area contributed by atoms with E-state index in [4.69, 9.17) is 21.1 Å². The van der Waals surface area contributed by atoms with Gasteiger partial charge in [0.15, 0.2) is 17.5 Å². The summed E-state index contributed by atoms with van der Waals surface area (Å²) in [7, 11) is 0. The Bertz CT molecular complexity index is 719. The second-order valence-corrected chi connectivity index (χ2v) is 6.82. The molecule has 1 aromatic heterocycles. The Kier molecular flexibility index (Phi) is 6.42. The summed E-state index contributed by atoms with van der Waals surface area (Å²) in [5, 5.41) is 11.4. The lowest BCUT2D eigenvalue weighted by Crippen LogP contribution is -2.36. The van der Waals surface area contributed by atoms with Crippen molar-refractivity contribution in [1.82, 2.24) is 10.6 Å². The Labute approximate surface area is 157 Å². The number of nitrogens with zero attached hydrogens (tertiary/aromatic N) is 1. The first-order chi connectivity index (χ1) is 12.3. The van der Waals surface area contributed by atoms with Crippen LogP contribution in [-0.4, -0.2) is 25.7 Å². The summed E-state index contributed by atoms with van der Waals surface area (Å²) in [5.74, 6) is 2.11. The van der Waals surface area contributed by atoms with Gasteiger partial charge in [0.05, 0.1) is 24.8 Å². The van der Waals surface area contributed by atoms with Crippen molar-refractivity contribution < 1.29 is 9.47 Å². The van der Waals surface area contributed by atoms with Gasteiger partial charge >= 0.3 is 0 Å². The van der Waals surface area contributed by atoms with E-state index in [-0.39, 0.29) is 0 Å². The lowest BCUT2D eigenvalue weighted by Gasteiger charge is -2.12. The standard InChI is InChI=1S/C18H22ClN3O2S/c1-2-20-18(21-10-13-4-7-25-12-13)22-11-14-8-15(19)17-16(9-14)23-5-3-6-24-17/h4,7-9,12H,2-3,5-6,10-11H2,1H3,(H2,20,21,22). The van der Waals surface area contributed by atoms with Gasteiger partial charge in [0, 0.05) is 19.5 Å². The van der Waals surface area contributed by atoms with Crippen LogP contribution in [0.3, 0.4) is 0 Å². The molecule has 1 aliphatic heterocycles. The molecule has 0 amide bonds. The number of guanidine groups is 1. The first kappa shape index (κ1) is 17.9. The number of hydrogen-bond donors (Lipinski definition) is 2. The lowest BCUT2D eigenvalue weighted by molar-refractivity contribution is 0.297. The van der Waals surface area contributed by atoms with Crippen molar-refractivity contribution in [3.63, 3.8) is 0 Å². The zero-order valence-corrected chi connectivity index (χ0v) is 15.8. The molecule has 0 saturated heterocycles. The fraction of sp³-hybridized carbons (Fsp3) is 0.389. The molecule has 0 fully saturated rings. The second kappa shape index (κ2) is 8.97. The van der Waals surface area contributed by atoms with Gasteiger partial charge in [-0.05, 0) is 47.0 Å². The van der Waals surface area contributed by atoms with Crippen LogP contribution in [0, 0.1) is 0 Å². The van der Waals surface area contributed by atoms with Crippen LogP contribution in [-0.2, 0) is 13.1 Å². The maximum Gasteiger partial charge on any atom is 0.191 e. The van der Waals surface area contributed by atoms with Crippen LogP contribution in [0.15, 0.2) is 34.0 Å². The minimum absolute atomic E-state index is 0.509. The van der Waals surface area contributed by atoms with Crippen LogP contribution in [0.5, 0.6) is 11.5 Å². The number of ether oxygens (including phenoxy) is 2. The van der Waals surface area contributed by atoms with Crippen LogP contribution >= 0.6 is 22.9 Å². The highest BCUT2D eigenvalue weighted by atomic mass is 35.5. The highest BCUT2D eigenvalue weighted by Crippen LogP contribution is 2.38. The number of aliphatic imine (C=N–C) groups is 1. The molecule has 0 atom stereocenters. The van der Waals surface area contributed by atoms with Gasteiger partial charge in [0.2, 0.25) is 0 Å². The largest absolute Gasteiger partial charge is 0.489 e. The maximum absolute atomic E-state index is 6.34. The quantitative estimate of drug-likeness (QED) is 0.612. The van der Waals surface area contributed by atoms with Gasteiger partial charge in [-0.3, -0.25) is 0 Å².